The molecule has 8 atom stereocenters. The van der Waals surface area contributed by atoms with E-state index in [0.29, 0.717) is 29.6 Å². The smallest absolute Gasteiger partial charge is 0.322 e. The Morgan fingerprint density at radius 3 is 2.59 bits per heavy atom. The van der Waals surface area contributed by atoms with Crippen LogP contribution in [0.3, 0.4) is 0 Å². The molecule has 3 saturated carbocycles. The van der Waals surface area contributed by atoms with E-state index >= 15 is 0 Å². The van der Waals surface area contributed by atoms with Crippen molar-refractivity contribution in [3.8, 4) is 0 Å². The quantitative estimate of drug-likeness (QED) is 0.338. The molecule has 0 spiro atoms. The molecule has 0 heterocycles. The van der Waals surface area contributed by atoms with E-state index in [0.717, 1.165) is 64.2 Å². The summed E-state index contributed by atoms with van der Waals surface area (Å²) in [6.45, 7) is 1.71. The Bertz CT molecular complexity index is 613. The van der Waals surface area contributed by atoms with Crippen molar-refractivity contribution in [1.29, 1.82) is 0 Å². The van der Waals surface area contributed by atoms with E-state index in [4.69, 9.17) is 9.84 Å². The number of fused-ring (bicyclic) bond motifs is 2. The van der Waals surface area contributed by atoms with Crippen LogP contribution in [-0.2, 0) is 14.3 Å². The Labute approximate surface area is 192 Å². The van der Waals surface area contributed by atoms with Crippen molar-refractivity contribution < 1.29 is 29.6 Å². The summed E-state index contributed by atoms with van der Waals surface area (Å²) in [6, 6.07) is 0. The molecule has 3 fully saturated rings. The molecule has 0 aromatic heterocycles. The first-order chi connectivity index (χ1) is 15.4. The van der Waals surface area contributed by atoms with Crippen molar-refractivity contribution in [2.75, 3.05) is 13.2 Å². The van der Waals surface area contributed by atoms with Crippen molar-refractivity contribution in [2.45, 2.75) is 102 Å². The van der Waals surface area contributed by atoms with Gasteiger partial charge in [-0.25, -0.2) is 0 Å². The fourth-order valence-corrected chi connectivity index (χ4v) is 6.76. The number of unbranched alkanes of at least 4 members (excludes halogenated alkanes) is 2. The number of carbonyl (C=O) groups excluding carboxylic acids is 1. The summed E-state index contributed by atoms with van der Waals surface area (Å²) >= 11 is 0. The second-order valence-electron chi connectivity index (χ2n) is 10.5. The van der Waals surface area contributed by atoms with Crippen LogP contribution in [0.1, 0.15) is 84.0 Å². The number of ether oxygens (including phenoxy) is 1. The maximum atomic E-state index is 11.9. The summed E-state index contributed by atoms with van der Waals surface area (Å²) in [5.41, 5.74) is 0. The minimum atomic E-state index is -1.06. The summed E-state index contributed by atoms with van der Waals surface area (Å²) in [6.07, 6.45) is 11.7. The van der Waals surface area contributed by atoms with Gasteiger partial charge < -0.3 is 25.4 Å². The summed E-state index contributed by atoms with van der Waals surface area (Å²) in [5, 5.41) is 32.2. The first kappa shape index (κ1) is 25.4. The monoisotopic (exact) mass is 453 g/mol. The van der Waals surface area contributed by atoms with Gasteiger partial charge in [0.1, 0.15) is 13.2 Å². The standard InChI is InChI=1S/C25H43NO6/c1-2-3-4-7-18(27)9-10-19-20-11-16-6-5-8-23(21(16)12-17(20)13-22(19)28)32-15-24(29)26-14-25(30)31/h16-23,27-28H,2-15H2,1H3,(H,26,29)(H,30,31)/t16?,17-,18-,19+,20-,21?,22+,23?/m0/s1. The predicted octanol–water partition coefficient (Wildman–Crippen LogP) is 3.12. The highest BCUT2D eigenvalue weighted by atomic mass is 16.5. The largest absolute Gasteiger partial charge is 0.480 e. The number of nitrogens with one attached hydrogen (secondary N) is 1. The zero-order valence-corrected chi connectivity index (χ0v) is 19.6. The zero-order valence-electron chi connectivity index (χ0n) is 19.6. The van der Waals surface area contributed by atoms with Gasteiger partial charge in [-0.3, -0.25) is 9.59 Å². The predicted molar refractivity (Wildman–Crippen MR) is 121 cm³/mol. The van der Waals surface area contributed by atoms with Gasteiger partial charge in [0.2, 0.25) is 5.91 Å². The molecular formula is C25H43NO6. The van der Waals surface area contributed by atoms with Gasteiger partial charge in [0.05, 0.1) is 18.3 Å². The van der Waals surface area contributed by atoms with E-state index in [1.165, 1.54) is 12.8 Å². The molecule has 4 N–H and O–H groups in total. The van der Waals surface area contributed by atoms with Gasteiger partial charge in [0.25, 0.3) is 0 Å². The van der Waals surface area contributed by atoms with Crippen molar-refractivity contribution in [3.63, 3.8) is 0 Å². The first-order valence-corrected chi connectivity index (χ1v) is 12.8. The molecule has 32 heavy (non-hydrogen) atoms. The second-order valence-corrected chi connectivity index (χ2v) is 10.5. The van der Waals surface area contributed by atoms with Crippen LogP contribution < -0.4 is 5.32 Å². The van der Waals surface area contributed by atoms with E-state index in [1.807, 2.05) is 0 Å². The second kappa shape index (κ2) is 12.3. The van der Waals surface area contributed by atoms with Crippen molar-refractivity contribution >= 4 is 11.9 Å². The molecule has 184 valence electrons. The molecule has 3 rings (SSSR count). The van der Waals surface area contributed by atoms with Gasteiger partial charge >= 0.3 is 5.97 Å². The highest BCUT2D eigenvalue weighted by Gasteiger charge is 2.50. The lowest BCUT2D eigenvalue weighted by Gasteiger charge is -2.46. The number of aliphatic hydroxyl groups is 2. The average molecular weight is 454 g/mol. The molecule has 0 bridgehead atoms. The molecule has 7 heteroatoms. The lowest BCUT2D eigenvalue weighted by Crippen LogP contribution is -2.43. The van der Waals surface area contributed by atoms with Gasteiger partial charge in [-0.15, -0.1) is 0 Å². The molecule has 3 aliphatic rings. The summed E-state index contributed by atoms with van der Waals surface area (Å²) in [7, 11) is 0. The number of carbonyl (C=O) groups is 2. The van der Waals surface area contributed by atoms with Gasteiger partial charge in [0.15, 0.2) is 0 Å². The molecule has 3 aliphatic carbocycles. The fourth-order valence-electron chi connectivity index (χ4n) is 6.76. The van der Waals surface area contributed by atoms with Crippen molar-refractivity contribution in [3.05, 3.63) is 0 Å². The molecule has 0 saturated heterocycles. The molecule has 1 amide bonds. The SMILES string of the molecule is CCCCC[C@H](O)CC[C@@H]1[C@H]2CC3CCCC(OCC(=O)NCC(=O)O)C3C[C@H]2C[C@H]1O. The van der Waals surface area contributed by atoms with E-state index < -0.39 is 5.97 Å². The minimum absolute atomic E-state index is 0.0434. The maximum Gasteiger partial charge on any atom is 0.322 e. The highest BCUT2D eigenvalue weighted by molar-refractivity contribution is 5.81. The fraction of sp³-hybridized carbons (Fsp3) is 0.920. The Hall–Kier alpha value is -1.18. The lowest BCUT2D eigenvalue weighted by molar-refractivity contribution is -0.140. The van der Waals surface area contributed by atoms with Gasteiger partial charge in [-0.1, -0.05) is 32.6 Å². The van der Waals surface area contributed by atoms with Crippen LogP contribution in [0.25, 0.3) is 0 Å². The molecular weight excluding hydrogens is 410 g/mol. The Morgan fingerprint density at radius 2 is 1.84 bits per heavy atom. The number of aliphatic hydroxyl groups excluding tert-OH is 2. The number of rotatable bonds is 12. The van der Waals surface area contributed by atoms with E-state index in [2.05, 4.69) is 12.2 Å². The summed E-state index contributed by atoms with van der Waals surface area (Å²) in [4.78, 5) is 22.5. The normalized spacial score (nSPS) is 35.0. The number of hydrogen-bond acceptors (Lipinski definition) is 5. The van der Waals surface area contributed by atoms with Crippen molar-refractivity contribution in [2.24, 2.45) is 29.6 Å². The Kier molecular flexibility index (Phi) is 9.80. The molecule has 3 unspecified atom stereocenters. The van der Waals surface area contributed by atoms with Gasteiger partial charge in [-0.2, -0.15) is 0 Å². The number of carboxylic acids is 1. The van der Waals surface area contributed by atoms with Gasteiger partial charge in [-0.05, 0) is 81.0 Å². The summed E-state index contributed by atoms with van der Waals surface area (Å²) < 4.78 is 5.97. The third-order valence-corrected chi connectivity index (χ3v) is 8.33. The van der Waals surface area contributed by atoms with Crippen LogP contribution in [0, 0.1) is 29.6 Å². The summed E-state index contributed by atoms with van der Waals surface area (Å²) in [5.74, 6) is 0.881. The molecule has 0 aromatic rings. The number of hydrogen-bond donors (Lipinski definition) is 4. The van der Waals surface area contributed by atoms with Crippen LogP contribution in [0.15, 0.2) is 0 Å². The average Bonchev–Trinajstić information content (AvgIpc) is 3.07. The minimum Gasteiger partial charge on any atom is -0.480 e. The van der Waals surface area contributed by atoms with E-state index in [1.54, 1.807) is 0 Å². The van der Waals surface area contributed by atoms with Gasteiger partial charge in [0, 0.05) is 0 Å². The van der Waals surface area contributed by atoms with E-state index in [9.17, 15) is 19.8 Å². The van der Waals surface area contributed by atoms with E-state index in [-0.39, 0.29) is 37.4 Å². The van der Waals surface area contributed by atoms with Crippen LogP contribution in [-0.4, -0.2) is 58.7 Å². The molecule has 0 aliphatic heterocycles. The molecule has 7 nitrogen and oxygen atoms in total. The Morgan fingerprint density at radius 1 is 1.06 bits per heavy atom. The third kappa shape index (κ3) is 6.91. The van der Waals surface area contributed by atoms with Crippen LogP contribution in [0.5, 0.6) is 0 Å². The maximum absolute atomic E-state index is 11.9. The number of amides is 1. The number of aliphatic carboxylic acids is 1. The van der Waals surface area contributed by atoms with Crippen LogP contribution in [0.2, 0.25) is 0 Å². The third-order valence-electron chi connectivity index (χ3n) is 8.33. The lowest BCUT2D eigenvalue weighted by atomic mass is 9.61. The van der Waals surface area contributed by atoms with Crippen LogP contribution in [0.4, 0.5) is 0 Å². The Balaban J connectivity index is 1.49. The van der Waals surface area contributed by atoms with Crippen LogP contribution >= 0.6 is 0 Å². The zero-order chi connectivity index (χ0) is 23.1. The number of carboxylic acid groups (broad SMARTS) is 1. The van der Waals surface area contributed by atoms with Crippen molar-refractivity contribution in [1.82, 2.24) is 5.32 Å². The molecule has 0 radical (unpaired) electrons. The molecule has 0 aromatic carbocycles. The topological polar surface area (TPSA) is 116 Å². The first-order valence-electron chi connectivity index (χ1n) is 12.8. The highest BCUT2D eigenvalue weighted by Crippen LogP contribution is 2.54.